The summed E-state index contributed by atoms with van der Waals surface area (Å²) >= 11 is 0. The Bertz CT molecular complexity index is 638. The molecule has 4 aliphatic carbocycles. The van der Waals surface area contributed by atoms with Crippen molar-refractivity contribution in [3.8, 4) is 0 Å². The van der Waals surface area contributed by atoms with Crippen molar-refractivity contribution in [1.29, 1.82) is 0 Å². The zero-order chi connectivity index (χ0) is 18.0. The van der Waals surface area contributed by atoms with E-state index in [-0.39, 0.29) is 40.8 Å². The molecule has 4 nitrogen and oxygen atoms in total. The van der Waals surface area contributed by atoms with E-state index < -0.39 is 6.10 Å². The molecule has 0 bridgehead atoms. The molecular formula is C21H30O4. The van der Waals surface area contributed by atoms with Crippen molar-refractivity contribution in [2.75, 3.05) is 6.61 Å². The SMILES string of the molecule is C[C@]12CC(O)C3C(CCC4=CC(=O)CC[C@@]43C)C1CCC2C(=O)CO. The van der Waals surface area contributed by atoms with Gasteiger partial charge in [0.15, 0.2) is 11.6 Å². The van der Waals surface area contributed by atoms with Crippen LogP contribution in [0.3, 0.4) is 0 Å². The summed E-state index contributed by atoms with van der Waals surface area (Å²) in [5, 5.41) is 20.5. The minimum Gasteiger partial charge on any atom is -0.393 e. The number of rotatable bonds is 2. The molecule has 0 saturated heterocycles. The van der Waals surface area contributed by atoms with Crippen LogP contribution in [-0.4, -0.2) is 34.5 Å². The molecule has 0 heterocycles. The maximum Gasteiger partial charge on any atom is 0.161 e. The van der Waals surface area contributed by atoms with E-state index in [2.05, 4.69) is 13.8 Å². The van der Waals surface area contributed by atoms with Crippen LogP contribution in [-0.2, 0) is 9.59 Å². The summed E-state index contributed by atoms with van der Waals surface area (Å²) < 4.78 is 0. The molecule has 0 aromatic heterocycles. The topological polar surface area (TPSA) is 74.6 Å². The number of carbonyl (C=O) groups is 2. The Labute approximate surface area is 149 Å². The van der Waals surface area contributed by atoms with Crippen molar-refractivity contribution in [3.63, 3.8) is 0 Å². The minimum atomic E-state index is -0.430. The van der Waals surface area contributed by atoms with Crippen LogP contribution in [0.25, 0.3) is 0 Å². The Morgan fingerprint density at radius 3 is 2.72 bits per heavy atom. The van der Waals surface area contributed by atoms with E-state index in [1.807, 2.05) is 6.08 Å². The zero-order valence-corrected chi connectivity index (χ0v) is 15.3. The third-order valence-corrected chi connectivity index (χ3v) is 8.44. The second-order valence-electron chi connectivity index (χ2n) is 9.42. The van der Waals surface area contributed by atoms with Crippen LogP contribution >= 0.6 is 0 Å². The molecule has 0 aromatic carbocycles. The highest BCUT2D eigenvalue weighted by atomic mass is 16.3. The summed E-state index contributed by atoms with van der Waals surface area (Å²) in [7, 11) is 0. The maximum absolute atomic E-state index is 12.3. The molecule has 0 radical (unpaired) electrons. The molecule has 3 fully saturated rings. The first-order valence-electron chi connectivity index (χ1n) is 9.87. The molecule has 5 unspecified atom stereocenters. The molecule has 25 heavy (non-hydrogen) atoms. The van der Waals surface area contributed by atoms with Gasteiger partial charge < -0.3 is 10.2 Å². The highest BCUT2D eigenvalue weighted by molar-refractivity contribution is 5.91. The van der Waals surface area contributed by atoms with Gasteiger partial charge in [0.25, 0.3) is 0 Å². The van der Waals surface area contributed by atoms with Gasteiger partial charge in [-0.3, -0.25) is 9.59 Å². The van der Waals surface area contributed by atoms with Crippen LogP contribution in [0, 0.1) is 34.5 Å². The van der Waals surface area contributed by atoms with Crippen LogP contribution in [0.4, 0.5) is 0 Å². The lowest BCUT2D eigenvalue weighted by Crippen LogP contribution is -2.57. The molecule has 4 rings (SSSR count). The number of Topliss-reactive ketones (excluding diaryl/α,β-unsaturated/α-hetero) is 1. The Morgan fingerprint density at radius 2 is 2.00 bits per heavy atom. The lowest BCUT2D eigenvalue weighted by atomic mass is 9.46. The third kappa shape index (κ3) is 2.33. The molecular weight excluding hydrogens is 316 g/mol. The second-order valence-corrected chi connectivity index (χ2v) is 9.42. The van der Waals surface area contributed by atoms with Crippen molar-refractivity contribution in [2.24, 2.45) is 34.5 Å². The average molecular weight is 346 g/mol. The lowest BCUT2D eigenvalue weighted by Gasteiger charge is -2.59. The van der Waals surface area contributed by atoms with Crippen LogP contribution < -0.4 is 0 Å². The largest absolute Gasteiger partial charge is 0.393 e. The number of hydrogen-bond donors (Lipinski definition) is 2. The molecule has 0 aliphatic heterocycles. The predicted octanol–water partition coefficient (Wildman–Crippen LogP) is 2.67. The van der Waals surface area contributed by atoms with Gasteiger partial charge in [-0.05, 0) is 73.2 Å². The summed E-state index contributed by atoms with van der Waals surface area (Å²) in [6, 6.07) is 0. The van der Waals surface area contributed by atoms with Gasteiger partial charge in [-0.25, -0.2) is 0 Å². The lowest BCUT2D eigenvalue weighted by molar-refractivity contribution is -0.146. The maximum atomic E-state index is 12.3. The first kappa shape index (κ1) is 17.4. The Morgan fingerprint density at radius 1 is 1.24 bits per heavy atom. The molecule has 7 atom stereocenters. The van der Waals surface area contributed by atoms with Crippen LogP contribution in [0.1, 0.15) is 58.8 Å². The fraction of sp³-hybridized carbons (Fsp3) is 0.810. The van der Waals surface area contributed by atoms with Gasteiger partial charge in [-0.1, -0.05) is 19.4 Å². The first-order valence-corrected chi connectivity index (χ1v) is 9.87. The van der Waals surface area contributed by atoms with Crippen molar-refractivity contribution >= 4 is 11.6 Å². The van der Waals surface area contributed by atoms with Gasteiger partial charge in [0.05, 0.1) is 6.10 Å². The zero-order valence-electron chi connectivity index (χ0n) is 15.3. The first-order chi connectivity index (χ1) is 11.8. The summed E-state index contributed by atoms with van der Waals surface area (Å²) in [5.41, 5.74) is 0.979. The molecule has 2 N–H and O–H groups in total. The molecule has 3 saturated carbocycles. The van der Waals surface area contributed by atoms with E-state index in [1.165, 1.54) is 5.57 Å². The quantitative estimate of drug-likeness (QED) is 0.806. The molecule has 138 valence electrons. The third-order valence-electron chi connectivity index (χ3n) is 8.44. The van der Waals surface area contributed by atoms with Crippen molar-refractivity contribution in [3.05, 3.63) is 11.6 Å². The van der Waals surface area contributed by atoms with Gasteiger partial charge in [-0.15, -0.1) is 0 Å². The Hall–Kier alpha value is -1.00. The van der Waals surface area contributed by atoms with Crippen LogP contribution in [0.2, 0.25) is 0 Å². The Kier molecular flexibility index (Phi) is 4.01. The number of hydrogen-bond acceptors (Lipinski definition) is 4. The van der Waals surface area contributed by atoms with Crippen molar-refractivity contribution in [1.82, 2.24) is 0 Å². The van der Waals surface area contributed by atoms with E-state index in [9.17, 15) is 19.8 Å². The predicted molar refractivity (Wildman–Crippen MR) is 93.7 cm³/mol. The van der Waals surface area contributed by atoms with E-state index in [1.54, 1.807) is 0 Å². The normalized spacial score (nSPS) is 49.0. The smallest absolute Gasteiger partial charge is 0.161 e. The molecule has 0 spiro atoms. The van der Waals surface area contributed by atoms with Crippen molar-refractivity contribution in [2.45, 2.75) is 64.9 Å². The van der Waals surface area contributed by atoms with Gasteiger partial charge >= 0.3 is 0 Å². The minimum absolute atomic E-state index is 0.0541. The standard InChI is InChI=1S/C21H30O4/c1-20-8-7-13(23)9-12(20)3-4-14-15-5-6-16(18(25)11-22)21(15,2)10-17(24)19(14)20/h9,14-17,19,22,24H,3-8,10-11H2,1-2H3/t14?,15?,16?,17?,19?,20-,21-/m0/s1. The highest BCUT2D eigenvalue weighted by Crippen LogP contribution is 2.66. The number of aliphatic hydroxyl groups is 2. The second kappa shape index (κ2) is 5.75. The fourth-order valence-electron chi connectivity index (χ4n) is 7.33. The fourth-order valence-corrected chi connectivity index (χ4v) is 7.33. The van der Waals surface area contributed by atoms with E-state index >= 15 is 0 Å². The number of aliphatic hydroxyl groups excluding tert-OH is 2. The van der Waals surface area contributed by atoms with E-state index in [0.717, 1.165) is 32.1 Å². The Balaban J connectivity index is 1.70. The van der Waals surface area contributed by atoms with Gasteiger partial charge in [0.2, 0.25) is 0 Å². The number of allylic oxidation sites excluding steroid dienone is 1. The van der Waals surface area contributed by atoms with Gasteiger partial charge in [-0.2, -0.15) is 0 Å². The van der Waals surface area contributed by atoms with Gasteiger partial charge in [0.1, 0.15) is 6.61 Å². The summed E-state index contributed by atoms with van der Waals surface area (Å²) in [5.74, 6) is 1.12. The molecule has 4 heteroatoms. The van der Waals surface area contributed by atoms with Crippen LogP contribution in [0.5, 0.6) is 0 Å². The summed E-state index contributed by atoms with van der Waals surface area (Å²) in [4.78, 5) is 24.2. The number of fused-ring (bicyclic) bond motifs is 5. The average Bonchev–Trinajstić information content (AvgIpc) is 2.91. The highest BCUT2D eigenvalue weighted by Gasteiger charge is 2.62. The van der Waals surface area contributed by atoms with Gasteiger partial charge in [0, 0.05) is 12.3 Å². The van der Waals surface area contributed by atoms with E-state index in [0.29, 0.717) is 24.7 Å². The molecule has 0 amide bonds. The summed E-state index contributed by atoms with van der Waals surface area (Å²) in [6.45, 7) is 4.03. The molecule has 0 aromatic rings. The number of carbonyl (C=O) groups excluding carboxylic acids is 2. The molecule has 4 aliphatic rings. The van der Waals surface area contributed by atoms with E-state index in [4.69, 9.17) is 0 Å². The summed E-state index contributed by atoms with van der Waals surface area (Å²) in [6.07, 6.45) is 7.32. The monoisotopic (exact) mass is 346 g/mol. The number of ketones is 2. The van der Waals surface area contributed by atoms with Crippen LogP contribution in [0.15, 0.2) is 11.6 Å². The van der Waals surface area contributed by atoms with Crippen molar-refractivity contribution < 1.29 is 19.8 Å².